The smallest absolute Gasteiger partial charge is 0.0781 e. The van der Waals surface area contributed by atoms with Gasteiger partial charge in [0, 0.05) is 35.9 Å². The van der Waals surface area contributed by atoms with Crippen molar-refractivity contribution >= 4 is 28.7 Å². The minimum absolute atomic E-state index is 0.724. The lowest BCUT2D eigenvalue weighted by atomic mass is 10.0. The fourth-order valence-electron chi connectivity index (χ4n) is 2.45. The van der Waals surface area contributed by atoms with E-state index in [1.807, 2.05) is 68.7 Å². The summed E-state index contributed by atoms with van der Waals surface area (Å²) in [5.74, 6) is 0. The van der Waals surface area contributed by atoms with Gasteiger partial charge >= 0.3 is 0 Å². The van der Waals surface area contributed by atoms with E-state index in [1.165, 1.54) is 0 Å². The Balaban J connectivity index is 2.05. The standard InChI is InChI=1S/C21H19ClN2/c1-24(2)20-14-12-19(13-15-20)23-21(16-6-4-3-5-7-16)17-8-10-18(22)11-9-17/h3-15H,1-2H3. The van der Waals surface area contributed by atoms with Gasteiger partial charge in [-0.05, 0) is 36.4 Å². The second kappa shape index (κ2) is 7.33. The molecule has 0 atom stereocenters. The molecule has 24 heavy (non-hydrogen) atoms. The predicted octanol–water partition coefficient (Wildman–Crippen LogP) is 5.58. The fourth-order valence-corrected chi connectivity index (χ4v) is 2.58. The van der Waals surface area contributed by atoms with E-state index in [0.29, 0.717) is 0 Å². The molecule has 3 rings (SSSR count). The molecule has 0 saturated heterocycles. The number of nitrogens with zero attached hydrogens (tertiary/aromatic N) is 2. The number of benzene rings is 3. The van der Waals surface area contributed by atoms with Gasteiger partial charge in [-0.2, -0.15) is 0 Å². The highest BCUT2D eigenvalue weighted by Crippen LogP contribution is 2.22. The van der Waals surface area contributed by atoms with Gasteiger partial charge in [-0.1, -0.05) is 54.1 Å². The van der Waals surface area contributed by atoms with Crippen LogP contribution in [0.2, 0.25) is 5.02 Å². The van der Waals surface area contributed by atoms with Crippen LogP contribution in [0.15, 0.2) is 83.9 Å². The van der Waals surface area contributed by atoms with Crippen LogP contribution in [0.5, 0.6) is 0 Å². The van der Waals surface area contributed by atoms with Crippen LogP contribution in [-0.2, 0) is 0 Å². The number of halogens is 1. The summed E-state index contributed by atoms with van der Waals surface area (Å²) in [6.45, 7) is 0. The Morgan fingerprint density at radius 3 is 1.92 bits per heavy atom. The molecule has 0 aliphatic carbocycles. The molecule has 0 bridgehead atoms. The largest absolute Gasteiger partial charge is 0.378 e. The van der Waals surface area contributed by atoms with E-state index >= 15 is 0 Å². The lowest BCUT2D eigenvalue weighted by molar-refractivity contribution is 1.13. The van der Waals surface area contributed by atoms with Gasteiger partial charge in [0.25, 0.3) is 0 Å². The Kier molecular flexibility index (Phi) is 4.97. The average Bonchev–Trinajstić information content (AvgIpc) is 2.62. The van der Waals surface area contributed by atoms with Gasteiger partial charge in [-0.3, -0.25) is 0 Å². The molecule has 0 fully saturated rings. The molecular weight excluding hydrogens is 316 g/mol. The van der Waals surface area contributed by atoms with Crippen LogP contribution in [0.1, 0.15) is 11.1 Å². The third kappa shape index (κ3) is 3.84. The van der Waals surface area contributed by atoms with E-state index in [0.717, 1.165) is 33.2 Å². The van der Waals surface area contributed by atoms with Gasteiger partial charge in [0.2, 0.25) is 0 Å². The summed E-state index contributed by atoms with van der Waals surface area (Å²) in [4.78, 5) is 6.96. The third-order valence-electron chi connectivity index (χ3n) is 3.77. The minimum Gasteiger partial charge on any atom is -0.378 e. The molecule has 0 unspecified atom stereocenters. The van der Waals surface area contributed by atoms with E-state index in [2.05, 4.69) is 29.2 Å². The SMILES string of the molecule is CN(C)c1ccc(N=C(c2ccccc2)c2ccc(Cl)cc2)cc1. The molecule has 120 valence electrons. The van der Waals surface area contributed by atoms with Crippen molar-refractivity contribution in [2.24, 2.45) is 4.99 Å². The number of hydrogen-bond donors (Lipinski definition) is 0. The van der Waals surface area contributed by atoms with Crippen LogP contribution in [0.3, 0.4) is 0 Å². The molecule has 0 spiro atoms. The topological polar surface area (TPSA) is 15.6 Å². The average molecular weight is 335 g/mol. The van der Waals surface area contributed by atoms with Crippen molar-refractivity contribution in [1.82, 2.24) is 0 Å². The van der Waals surface area contributed by atoms with Crippen LogP contribution >= 0.6 is 11.6 Å². The molecule has 0 aromatic heterocycles. The summed E-state index contributed by atoms with van der Waals surface area (Å²) in [5, 5.41) is 0.724. The minimum atomic E-state index is 0.724. The molecule has 0 saturated carbocycles. The van der Waals surface area contributed by atoms with Crippen LogP contribution in [-0.4, -0.2) is 19.8 Å². The summed E-state index contributed by atoms with van der Waals surface area (Å²) >= 11 is 6.03. The first-order valence-corrected chi connectivity index (χ1v) is 8.19. The molecule has 0 aliphatic rings. The zero-order chi connectivity index (χ0) is 16.9. The van der Waals surface area contributed by atoms with E-state index in [-0.39, 0.29) is 0 Å². The van der Waals surface area contributed by atoms with E-state index in [1.54, 1.807) is 0 Å². The Morgan fingerprint density at radius 2 is 1.33 bits per heavy atom. The first kappa shape index (κ1) is 16.3. The number of hydrogen-bond acceptors (Lipinski definition) is 2. The number of rotatable bonds is 4. The van der Waals surface area contributed by atoms with Crippen molar-refractivity contribution in [3.8, 4) is 0 Å². The van der Waals surface area contributed by atoms with Crippen LogP contribution in [0.25, 0.3) is 0 Å². The maximum Gasteiger partial charge on any atom is 0.0781 e. The van der Waals surface area contributed by atoms with Crippen LogP contribution in [0.4, 0.5) is 11.4 Å². The first-order valence-electron chi connectivity index (χ1n) is 7.81. The molecule has 0 heterocycles. The van der Waals surface area contributed by atoms with Crippen LogP contribution < -0.4 is 4.90 Å². The van der Waals surface area contributed by atoms with E-state index in [9.17, 15) is 0 Å². The molecule has 3 heteroatoms. The summed E-state index contributed by atoms with van der Waals surface area (Å²) in [5.41, 5.74) is 5.14. The highest BCUT2D eigenvalue weighted by atomic mass is 35.5. The Morgan fingerprint density at radius 1 is 0.750 bits per heavy atom. The molecule has 0 radical (unpaired) electrons. The quantitative estimate of drug-likeness (QED) is 0.569. The Bertz CT molecular complexity index is 820. The highest BCUT2D eigenvalue weighted by Gasteiger charge is 2.07. The fraction of sp³-hybridized carbons (Fsp3) is 0.0952. The third-order valence-corrected chi connectivity index (χ3v) is 4.02. The summed E-state index contributed by atoms with van der Waals surface area (Å²) in [7, 11) is 4.06. The summed E-state index contributed by atoms with van der Waals surface area (Å²) < 4.78 is 0. The zero-order valence-corrected chi connectivity index (χ0v) is 14.5. The van der Waals surface area contributed by atoms with Gasteiger partial charge in [0.15, 0.2) is 0 Å². The normalized spacial score (nSPS) is 11.4. The maximum absolute atomic E-state index is 6.03. The zero-order valence-electron chi connectivity index (χ0n) is 13.8. The van der Waals surface area contributed by atoms with Crippen molar-refractivity contribution in [3.63, 3.8) is 0 Å². The van der Waals surface area contributed by atoms with Crippen LogP contribution in [0, 0.1) is 0 Å². The molecule has 0 aliphatic heterocycles. The highest BCUT2D eigenvalue weighted by molar-refractivity contribution is 6.30. The van der Waals surface area contributed by atoms with Gasteiger partial charge in [-0.25, -0.2) is 4.99 Å². The van der Waals surface area contributed by atoms with Crippen molar-refractivity contribution in [3.05, 3.63) is 95.0 Å². The Labute approximate surface area is 148 Å². The molecular formula is C21H19ClN2. The number of anilines is 1. The second-order valence-electron chi connectivity index (χ2n) is 5.74. The van der Waals surface area contributed by atoms with E-state index in [4.69, 9.17) is 16.6 Å². The second-order valence-corrected chi connectivity index (χ2v) is 6.18. The molecule has 3 aromatic carbocycles. The monoisotopic (exact) mass is 334 g/mol. The molecule has 0 amide bonds. The first-order chi connectivity index (χ1) is 11.6. The van der Waals surface area contributed by atoms with E-state index < -0.39 is 0 Å². The Hall–Kier alpha value is -2.58. The van der Waals surface area contributed by atoms with Crippen molar-refractivity contribution in [2.45, 2.75) is 0 Å². The van der Waals surface area contributed by atoms with Gasteiger partial charge in [0.05, 0.1) is 11.4 Å². The number of aliphatic imine (C=N–C) groups is 1. The maximum atomic E-state index is 6.03. The molecule has 2 nitrogen and oxygen atoms in total. The van der Waals surface area contributed by atoms with Crippen molar-refractivity contribution in [1.29, 1.82) is 0 Å². The molecule has 0 N–H and O–H groups in total. The molecule has 3 aromatic rings. The van der Waals surface area contributed by atoms with Gasteiger partial charge in [-0.15, -0.1) is 0 Å². The van der Waals surface area contributed by atoms with Gasteiger partial charge < -0.3 is 4.90 Å². The van der Waals surface area contributed by atoms with Crippen molar-refractivity contribution < 1.29 is 0 Å². The van der Waals surface area contributed by atoms with Crippen molar-refractivity contribution in [2.75, 3.05) is 19.0 Å². The summed E-state index contributed by atoms with van der Waals surface area (Å²) in [6, 6.07) is 26.2. The predicted molar refractivity (Wildman–Crippen MR) is 104 cm³/mol. The lowest BCUT2D eigenvalue weighted by Gasteiger charge is -2.12. The lowest BCUT2D eigenvalue weighted by Crippen LogP contribution is -2.07. The van der Waals surface area contributed by atoms with Gasteiger partial charge in [0.1, 0.15) is 0 Å². The summed E-state index contributed by atoms with van der Waals surface area (Å²) in [6.07, 6.45) is 0.